The number of rotatable bonds is 11. The molecule has 1 heterocycles. The van der Waals surface area contributed by atoms with Crippen LogP contribution in [0.2, 0.25) is 0 Å². The quantitative estimate of drug-likeness (QED) is 0.389. The highest BCUT2D eigenvalue weighted by atomic mass is 16.6. The van der Waals surface area contributed by atoms with E-state index in [1.807, 2.05) is 30.3 Å². The number of esters is 3. The fourth-order valence-corrected chi connectivity index (χ4v) is 3.05. The van der Waals surface area contributed by atoms with E-state index in [4.69, 9.17) is 23.4 Å². The molecule has 0 aliphatic heterocycles. The van der Waals surface area contributed by atoms with E-state index in [1.165, 1.54) is 33.4 Å². The van der Waals surface area contributed by atoms with Gasteiger partial charge in [-0.05, 0) is 12.5 Å². The van der Waals surface area contributed by atoms with Gasteiger partial charge in [-0.2, -0.15) is 0 Å². The van der Waals surface area contributed by atoms with E-state index in [1.54, 1.807) is 6.92 Å². The molecule has 0 radical (unpaired) electrons. The van der Waals surface area contributed by atoms with Gasteiger partial charge in [0.1, 0.15) is 18.1 Å². The van der Waals surface area contributed by atoms with Crippen LogP contribution < -0.4 is 0 Å². The molecule has 0 saturated carbocycles. The number of benzene rings is 1. The monoisotopic (exact) mass is 433 g/mol. The SMILES string of the molecule is CC(=O)O[C@H]([C@H](C)OCc1ccccc1)[C@H](C[C@@H](OC(C)=O)c1cocn1)OC(C)=O. The fraction of sp³-hybridized carbons (Fsp3) is 0.455. The Morgan fingerprint density at radius 2 is 1.61 bits per heavy atom. The maximum absolute atomic E-state index is 11.8. The zero-order valence-electron chi connectivity index (χ0n) is 18.0. The van der Waals surface area contributed by atoms with E-state index in [0.29, 0.717) is 5.69 Å². The summed E-state index contributed by atoms with van der Waals surface area (Å²) >= 11 is 0. The van der Waals surface area contributed by atoms with Crippen molar-refractivity contribution in [2.75, 3.05) is 0 Å². The molecule has 0 bridgehead atoms. The van der Waals surface area contributed by atoms with Gasteiger partial charge in [-0.25, -0.2) is 4.98 Å². The predicted molar refractivity (Wildman–Crippen MR) is 107 cm³/mol. The van der Waals surface area contributed by atoms with Gasteiger partial charge in [-0.3, -0.25) is 14.4 Å². The van der Waals surface area contributed by atoms with Crippen molar-refractivity contribution in [3.63, 3.8) is 0 Å². The second-order valence-corrected chi connectivity index (χ2v) is 6.97. The zero-order chi connectivity index (χ0) is 22.8. The minimum absolute atomic E-state index is 0.0112. The fourth-order valence-electron chi connectivity index (χ4n) is 3.05. The molecule has 4 atom stereocenters. The molecule has 0 saturated heterocycles. The van der Waals surface area contributed by atoms with Gasteiger partial charge in [0.2, 0.25) is 0 Å². The first-order valence-electron chi connectivity index (χ1n) is 9.81. The normalized spacial score (nSPS) is 14.7. The van der Waals surface area contributed by atoms with Crippen LogP contribution in [0.15, 0.2) is 47.4 Å². The summed E-state index contributed by atoms with van der Waals surface area (Å²) in [5.41, 5.74) is 1.27. The number of carbonyl (C=O) groups excluding carboxylic acids is 3. The Balaban J connectivity index is 2.23. The lowest BCUT2D eigenvalue weighted by Crippen LogP contribution is -2.44. The molecule has 0 fully saturated rings. The van der Waals surface area contributed by atoms with E-state index in [-0.39, 0.29) is 13.0 Å². The van der Waals surface area contributed by atoms with Crippen LogP contribution in [0.3, 0.4) is 0 Å². The van der Waals surface area contributed by atoms with Gasteiger partial charge in [-0.1, -0.05) is 30.3 Å². The number of hydrogen-bond donors (Lipinski definition) is 0. The molecular formula is C22H27NO8. The Kier molecular flexibility index (Phi) is 9.20. The molecule has 0 spiro atoms. The lowest BCUT2D eigenvalue weighted by molar-refractivity contribution is -0.183. The molecule has 168 valence electrons. The van der Waals surface area contributed by atoms with E-state index < -0.39 is 42.3 Å². The smallest absolute Gasteiger partial charge is 0.303 e. The van der Waals surface area contributed by atoms with Gasteiger partial charge < -0.3 is 23.4 Å². The number of oxazole rings is 1. The van der Waals surface area contributed by atoms with Crippen LogP contribution in [0.5, 0.6) is 0 Å². The third kappa shape index (κ3) is 8.21. The largest absolute Gasteiger partial charge is 0.458 e. The summed E-state index contributed by atoms with van der Waals surface area (Å²) < 4.78 is 27.1. The first-order chi connectivity index (χ1) is 14.8. The summed E-state index contributed by atoms with van der Waals surface area (Å²) in [6.07, 6.45) is -0.911. The van der Waals surface area contributed by atoms with Crippen LogP contribution in [0.4, 0.5) is 0 Å². The number of carbonyl (C=O) groups is 3. The molecule has 1 aromatic carbocycles. The van der Waals surface area contributed by atoms with Gasteiger partial charge in [-0.15, -0.1) is 0 Å². The van der Waals surface area contributed by atoms with Gasteiger partial charge in [0.15, 0.2) is 18.6 Å². The van der Waals surface area contributed by atoms with Crippen LogP contribution in [-0.4, -0.2) is 41.2 Å². The molecule has 2 rings (SSSR count). The van der Waals surface area contributed by atoms with E-state index >= 15 is 0 Å². The summed E-state index contributed by atoms with van der Waals surface area (Å²) in [5, 5.41) is 0. The van der Waals surface area contributed by atoms with Crippen molar-refractivity contribution in [2.24, 2.45) is 0 Å². The molecule has 31 heavy (non-hydrogen) atoms. The first-order valence-corrected chi connectivity index (χ1v) is 9.81. The average molecular weight is 433 g/mol. The van der Waals surface area contributed by atoms with Crippen LogP contribution in [-0.2, 0) is 39.9 Å². The zero-order valence-corrected chi connectivity index (χ0v) is 18.0. The lowest BCUT2D eigenvalue weighted by atomic mass is 10.0. The molecule has 1 aromatic heterocycles. The molecular weight excluding hydrogens is 406 g/mol. The molecule has 0 aliphatic carbocycles. The Hall–Kier alpha value is -3.20. The topological polar surface area (TPSA) is 114 Å². The van der Waals surface area contributed by atoms with Gasteiger partial charge in [0, 0.05) is 27.2 Å². The molecule has 9 heteroatoms. The van der Waals surface area contributed by atoms with Crippen molar-refractivity contribution in [3.05, 3.63) is 54.2 Å². The maximum atomic E-state index is 11.8. The highest BCUT2D eigenvalue weighted by Crippen LogP contribution is 2.27. The number of hydrogen-bond acceptors (Lipinski definition) is 9. The van der Waals surface area contributed by atoms with Crippen LogP contribution >= 0.6 is 0 Å². The Bertz CT molecular complexity index is 836. The summed E-state index contributed by atoms with van der Waals surface area (Å²) in [6, 6.07) is 9.47. The van der Waals surface area contributed by atoms with Gasteiger partial charge in [0.25, 0.3) is 0 Å². The second kappa shape index (κ2) is 11.8. The average Bonchev–Trinajstić information content (AvgIpc) is 3.24. The van der Waals surface area contributed by atoms with Crippen LogP contribution in [0.25, 0.3) is 0 Å². The van der Waals surface area contributed by atoms with Gasteiger partial charge >= 0.3 is 17.9 Å². The second-order valence-electron chi connectivity index (χ2n) is 6.97. The van der Waals surface area contributed by atoms with Gasteiger partial charge in [0.05, 0.1) is 12.7 Å². The van der Waals surface area contributed by atoms with Crippen LogP contribution in [0, 0.1) is 0 Å². The summed E-state index contributed by atoms with van der Waals surface area (Å²) in [5.74, 6) is -1.70. The molecule has 9 nitrogen and oxygen atoms in total. The van der Waals surface area contributed by atoms with Crippen LogP contribution in [0.1, 0.15) is 51.5 Å². The van der Waals surface area contributed by atoms with Crippen molar-refractivity contribution in [1.82, 2.24) is 4.98 Å². The lowest BCUT2D eigenvalue weighted by Gasteiger charge is -2.32. The standard InChI is InChI=1S/C22H27NO8/c1-14(28-11-18-8-6-5-7-9-18)22(31-17(4)26)21(30-16(3)25)10-20(29-15(2)24)19-12-27-13-23-19/h5-9,12-14,20-22H,10-11H2,1-4H3/t14-,20+,21-,22+/m0/s1. The molecule has 0 aliphatic rings. The maximum Gasteiger partial charge on any atom is 0.303 e. The van der Waals surface area contributed by atoms with Crippen molar-refractivity contribution in [1.29, 1.82) is 0 Å². The predicted octanol–water partition coefficient (Wildman–Crippen LogP) is 3.14. The third-order valence-corrected chi connectivity index (χ3v) is 4.34. The summed E-state index contributed by atoms with van der Waals surface area (Å²) in [4.78, 5) is 39.2. The Labute approximate surface area is 180 Å². The summed E-state index contributed by atoms with van der Waals surface area (Å²) in [7, 11) is 0. The molecule has 2 aromatic rings. The Morgan fingerprint density at radius 1 is 0.968 bits per heavy atom. The minimum Gasteiger partial charge on any atom is -0.458 e. The number of aromatic nitrogens is 1. The van der Waals surface area contributed by atoms with Crippen molar-refractivity contribution >= 4 is 17.9 Å². The highest BCUT2D eigenvalue weighted by Gasteiger charge is 2.37. The molecule has 0 N–H and O–H groups in total. The van der Waals surface area contributed by atoms with E-state index in [0.717, 1.165) is 5.56 Å². The number of nitrogens with zero attached hydrogens (tertiary/aromatic N) is 1. The number of ether oxygens (including phenoxy) is 4. The molecule has 0 unspecified atom stereocenters. The van der Waals surface area contributed by atoms with Crippen molar-refractivity contribution in [2.45, 2.75) is 65.1 Å². The molecule has 0 amide bonds. The minimum atomic E-state index is -0.965. The Morgan fingerprint density at radius 3 is 2.16 bits per heavy atom. The first kappa shape index (κ1) is 24.1. The van der Waals surface area contributed by atoms with E-state index in [2.05, 4.69) is 4.98 Å². The summed E-state index contributed by atoms with van der Waals surface area (Å²) in [6.45, 7) is 5.73. The highest BCUT2D eigenvalue weighted by molar-refractivity contribution is 5.67. The third-order valence-electron chi connectivity index (χ3n) is 4.34. The van der Waals surface area contributed by atoms with E-state index in [9.17, 15) is 14.4 Å². The van der Waals surface area contributed by atoms with Crippen molar-refractivity contribution in [3.8, 4) is 0 Å². The van der Waals surface area contributed by atoms with Crippen molar-refractivity contribution < 1.29 is 37.7 Å².